The Kier molecular flexibility index (Phi) is 2.71. The molecule has 15 heavy (non-hydrogen) atoms. The van der Waals surface area contributed by atoms with Crippen LogP contribution >= 0.6 is 23.5 Å². The lowest BCUT2D eigenvalue weighted by Crippen LogP contribution is -2.15. The second-order valence-electron chi connectivity index (χ2n) is 3.48. The molecule has 0 radical (unpaired) electrons. The molecule has 2 aliphatic heterocycles. The number of thioether (sulfide) groups is 2. The van der Waals surface area contributed by atoms with Crippen molar-refractivity contribution in [3.05, 3.63) is 23.8 Å². The van der Waals surface area contributed by atoms with E-state index in [-0.39, 0.29) is 0 Å². The van der Waals surface area contributed by atoms with Gasteiger partial charge in [0, 0.05) is 11.5 Å². The van der Waals surface area contributed by atoms with Gasteiger partial charge in [-0.3, -0.25) is 0 Å². The van der Waals surface area contributed by atoms with Crippen LogP contribution in [-0.2, 0) is 0 Å². The third kappa shape index (κ3) is 1.93. The quantitative estimate of drug-likeness (QED) is 0.751. The minimum atomic E-state index is 0.584. The van der Waals surface area contributed by atoms with Crippen molar-refractivity contribution >= 4 is 23.5 Å². The predicted octanol–water partition coefficient (Wildman–Crippen LogP) is 2.94. The molecule has 2 nitrogen and oxygen atoms in total. The van der Waals surface area contributed by atoms with Crippen molar-refractivity contribution in [2.24, 2.45) is 0 Å². The fraction of sp³-hybridized carbons (Fsp3) is 0.455. The Hall–Kier alpha value is -0.480. The van der Waals surface area contributed by atoms with Gasteiger partial charge in [-0.05, 0) is 17.7 Å². The van der Waals surface area contributed by atoms with Crippen LogP contribution in [0.5, 0.6) is 11.5 Å². The van der Waals surface area contributed by atoms with Gasteiger partial charge in [-0.2, -0.15) is 0 Å². The summed E-state index contributed by atoms with van der Waals surface area (Å²) in [6.45, 7) is 1.33. The molecule has 0 N–H and O–H groups in total. The minimum Gasteiger partial charge on any atom is -0.486 e. The molecule has 2 aliphatic rings. The van der Waals surface area contributed by atoms with Gasteiger partial charge in [-0.1, -0.05) is 6.07 Å². The zero-order valence-corrected chi connectivity index (χ0v) is 9.90. The summed E-state index contributed by atoms with van der Waals surface area (Å²) in [5.74, 6) is 4.30. The summed E-state index contributed by atoms with van der Waals surface area (Å²) in [6, 6.07) is 6.32. The number of rotatable bonds is 1. The van der Waals surface area contributed by atoms with Crippen LogP contribution < -0.4 is 9.47 Å². The molecule has 0 aliphatic carbocycles. The van der Waals surface area contributed by atoms with Gasteiger partial charge in [0.05, 0.1) is 4.58 Å². The molecule has 4 heteroatoms. The maximum atomic E-state index is 5.58. The van der Waals surface area contributed by atoms with Gasteiger partial charge >= 0.3 is 0 Å². The monoisotopic (exact) mass is 240 g/mol. The highest BCUT2D eigenvalue weighted by molar-refractivity contribution is 8.19. The van der Waals surface area contributed by atoms with E-state index >= 15 is 0 Å². The fourth-order valence-corrected chi connectivity index (χ4v) is 4.60. The van der Waals surface area contributed by atoms with E-state index in [1.807, 2.05) is 29.6 Å². The standard InChI is InChI=1S/C11H12O2S2/c1-2-9-10(13-4-3-12-9)7-8(1)11-14-5-6-15-11/h1-2,7,11H,3-6H2. The smallest absolute Gasteiger partial charge is 0.161 e. The lowest BCUT2D eigenvalue weighted by Gasteiger charge is -2.19. The molecular weight excluding hydrogens is 228 g/mol. The second kappa shape index (κ2) is 4.18. The highest BCUT2D eigenvalue weighted by Gasteiger charge is 2.20. The van der Waals surface area contributed by atoms with Gasteiger partial charge in [0.15, 0.2) is 11.5 Å². The highest BCUT2D eigenvalue weighted by atomic mass is 32.2. The summed E-state index contributed by atoms with van der Waals surface area (Å²) >= 11 is 4.03. The molecule has 0 spiro atoms. The first-order valence-corrected chi connectivity index (χ1v) is 7.16. The molecule has 1 saturated heterocycles. The van der Waals surface area contributed by atoms with Gasteiger partial charge in [-0.25, -0.2) is 0 Å². The van der Waals surface area contributed by atoms with Crippen LogP contribution in [0.3, 0.4) is 0 Å². The second-order valence-corrected chi connectivity index (χ2v) is 6.20. The van der Waals surface area contributed by atoms with Crippen molar-refractivity contribution in [1.29, 1.82) is 0 Å². The van der Waals surface area contributed by atoms with Crippen LogP contribution in [0.4, 0.5) is 0 Å². The SMILES string of the molecule is c1cc2c(cc1C1SCCS1)OCCO2. The van der Waals surface area contributed by atoms with E-state index < -0.39 is 0 Å². The Morgan fingerprint density at radius 3 is 2.53 bits per heavy atom. The molecule has 2 heterocycles. The maximum Gasteiger partial charge on any atom is 0.161 e. The first kappa shape index (κ1) is 9.73. The van der Waals surface area contributed by atoms with E-state index in [9.17, 15) is 0 Å². The maximum absolute atomic E-state index is 5.58. The third-order valence-corrected chi connectivity index (χ3v) is 5.56. The largest absolute Gasteiger partial charge is 0.486 e. The molecule has 0 amide bonds. The summed E-state index contributed by atoms with van der Waals surface area (Å²) in [6.07, 6.45) is 0. The third-order valence-electron chi connectivity index (χ3n) is 2.46. The van der Waals surface area contributed by atoms with E-state index in [2.05, 4.69) is 12.1 Å². The van der Waals surface area contributed by atoms with Crippen molar-refractivity contribution < 1.29 is 9.47 Å². The number of ether oxygens (including phenoxy) is 2. The molecule has 3 rings (SSSR count). The number of fused-ring (bicyclic) bond motifs is 1. The molecule has 1 aromatic carbocycles. The van der Waals surface area contributed by atoms with Crippen molar-refractivity contribution in [3.63, 3.8) is 0 Å². The Morgan fingerprint density at radius 2 is 1.73 bits per heavy atom. The Labute approximate surface area is 97.7 Å². The molecule has 1 aromatic rings. The fourth-order valence-electron chi connectivity index (χ4n) is 1.76. The van der Waals surface area contributed by atoms with E-state index in [0.717, 1.165) is 11.5 Å². The molecule has 80 valence electrons. The summed E-state index contributed by atoms with van der Waals surface area (Å²) in [5, 5.41) is 0. The minimum absolute atomic E-state index is 0.584. The van der Waals surface area contributed by atoms with Gasteiger partial charge in [0.1, 0.15) is 13.2 Å². The number of hydrogen-bond donors (Lipinski definition) is 0. The molecular formula is C11H12O2S2. The van der Waals surface area contributed by atoms with Crippen molar-refractivity contribution in [1.82, 2.24) is 0 Å². The molecule has 1 fully saturated rings. The zero-order valence-electron chi connectivity index (χ0n) is 8.27. The van der Waals surface area contributed by atoms with Crippen LogP contribution in [0.1, 0.15) is 10.1 Å². The Morgan fingerprint density at radius 1 is 1.00 bits per heavy atom. The van der Waals surface area contributed by atoms with E-state index in [0.29, 0.717) is 17.8 Å². The molecule has 0 bridgehead atoms. The Bertz CT molecular complexity index is 362. The van der Waals surface area contributed by atoms with E-state index in [1.165, 1.54) is 17.1 Å². The van der Waals surface area contributed by atoms with Crippen molar-refractivity contribution in [2.75, 3.05) is 24.7 Å². The summed E-state index contributed by atoms with van der Waals surface area (Å²) in [7, 11) is 0. The van der Waals surface area contributed by atoms with Crippen LogP contribution in [0, 0.1) is 0 Å². The van der Waals surface area contributed by atoms with Gasteiger partial charge in [-0.15, -0.1) is 23.5 Å². The van der Waals surface area contributed by atoms with Crippen LogP contribution in [0.25, 0.3) is 0 Å². The lowest BCUT2D eigenvalue weighted by atomic mass is 10.2. The number of hydrogen-bond acceptors (Lipinski definition) is 4. The van der Waals surface area contributed by atoms with Gasteiger partial charge in [0.25, 0.3) is 0 Å². The molecule has 0 saturated carbocycles. The van der Waals surface area contributed by atoms with E-state index in [1.54, 1.807) is 0 Å². The zero-order chi connectivity index (χ0) is 10.1. The molecule has 0 unspecified atom stereocenters. The highest BCUT2D eigenvalue weighted by Crippen LogP contribution is 2.47. The van der Waals surface area contributed by atoms with Crippen LogP contribution in [-0.4, -0.2) is 24.7 Å². The van der Waals surface area contributed by atoms with Crippen molar-refractivity contribution in [2.45, 2.75) is 4.58 Å². The molecule has 0 atom stereocenters. The first-order valence-electron chi connectivity index (χ1n) is 5.06. The Balaban J connectivity index is 1.89. The normalized spacial score (nSPS) is 20.5. The molecule has 0 aromatic heterocycles. The van der Waals surface area contributed by atoms with Gasteiger partial charge < -0.3 is 9.47 Å². The van der Waals surface area contributed by atoms with Gasteiger partial charge in [0.2, 0.25) is 0 Å². The predicted molar refractivity (Wildman–Crippen MR) is 65.1 cm³/mol. The van der Waals surface area contributed by atoms with Crippen LogP contribution in [0.15, 0.2) is 18.2 Å². The van der Waals surface area contributed by atoms with Crippen molar-refractivity contribution in [3.8, 4) is 11.5 Å². The van der Waals surface area contributed by atoms with Crippen LogP contribution in [0.2, 0.25) is 0 Å². The number of benzene rings is 1. The first-order chi connectivity index (χ1) is 7.43. The topological polar surface area (TPSA) is 18.5 Å². The average molecular weight is 240 g/mol. The summed E-state index contributed by atoms with van der Waals surface area (Å²) < 4.78 is 11.7. The summed E-state index contributed by atoms with van der Waals surface area (Å²) in [5.41, 5.74) is 1.35. The summed E-state index contributed by atoms with van der Waals surface area (Å²) in [4.78, 5) is 0. The average Bonchev–Trinajstić information content (AvgIpc) is 2.82. The lowest BCUT2D eigenvalue weighted by molar-refractivity contribution is 0.171. The van der Waals surface area contributed by atoms with E-state index in [4.69, 9.17) is 9.47 Å².